The SMILES string of the molecule is COC(=O)C12CC(=O)C=C1CCN(C(=O)OC(C)(C)C)C2. The molecule has 1 fully saturated rings. The van der Waals surface area contributed by atoms with Gasteiger partial charge in [-0.1, -0.05) is 0 Å². The number of esters is 1. The summed E-state index contributed by atoms with van der Waals surface area (Å²) in [6.45, 7) is 5.93. The molecule has 21 heavy (non-hydrogen) atoms. The second-order valence-corrected chi connectivity index (χ2v) is 6.54. The van der Waals surface area contributed by atoms with Crippen molar-refractivity contribution in [2.75, 3.05) is 20.2 Å². The smallest absolute Gasteiger partial charge is 0.410 e. The van der Waals surface area contributed by atoms with Crippen molar-refractivity contribution < 1.29 is 23.9 Å². The Labute approximate surface area is 124 Å². The molecule has 1 heterocycles. The van der Waals surface area contributed by atoms with Crippen molar-refractivity contribution in [1.82, 2.24) is 4.90 Å². The molecule has 0 spiro atoms. The largest absolute Gasteiger partial charge is 0.468 e. The van der Waals surface area contributed by atoms with Crippen molar-refractivity contribution in [2.24, 2.45) is 5.41 Å². The van der Waals surface area contributed by atoms with Crippen LogP contribution in [-0.4, -0.2) is 48.5 Å². The van der Waals surface area contributed by atoms with Crippen molar-refractivity contribution in [2.45, 2.75) is 39.2 Å². The standard InChI is InChI=1S/C15H21NO5/c1-14(2,3)21-13(19)16-6-5-10-7-11(17)8-15(10,9-16)12(18)20-4/h7H,5-6,8-9H2,1-4H3. The van der Waals surface area contributed by atoms with Gasteiger partial charge < -0.3 is 14.4 Å². The third-order valence-electron chi connectivity index (χ3n) is 3.77. The minimum absolute atomic E-state index is 0.0638. The van der Waals surface area contributed by atoms with E-state index in [9.17, 15) is 14.4 Å². The topological polar surface area (TPSA) is 72.9 Å². The number of nitrogens with zero attached hydrogens (tertiary/aromatic N) is 1. The number of piperidine rings is 1. The highest BCUT2D eigenvalue weighted by molar-refractivity contribution is 6.01. The highest BCUT2D eigenvalue weighted by atomic mass is 16.6. The molecule has 1 atom stereocenters. The van der Waals surface area contributed by atoms with E-state index in [2.05, 4.69) is 0 Å². The van der Waals surface area contributed by atoms with Crippen molar-refractivity contribution in [3.63, 3.8) is 0 Å². The van der Waals surface area contributed by atoms with E-state index in [1.807, 2.05) is 0 Å². The summed E-state index contributed by atoms with van der Waals surface area (Å²) in [5.74, 6) is -0.561. The normalized spacial score (nSPS) is 25.2. The van der Waals surface area contributed by atoms with Gasteiger partial charge in [0.25, 0.3) is 0 Å². The average Bonchev–Trinajstić information content (AvgIpc) is 2.71. The number of carbonyl (C=O) groups excluding carboxylic acids is 3. The molecule has 2 rings (SSSR count). The van der Waals surface area contributed by atoms with Gasteiger partial charge in [0.2, 0.25) is 0 Å². The number of rotatable bonds is 1. The van der Waals surface area contributed by atoms with Crippen molar-refractivity contribution in [3.8, 4) is 0 Å². The molecule has 2 aliphatic rings. The molecule has 1 unspecified atom stereocenters. The Morgan fingerprint density at radius 2 is 2.00 bits per heavy atom. The number of carbonyl (C=O) groups is 3. The van der Waals surface area contributed by atoms with Crippen LogP contribution in [0.2, 0.25) is 0 Å². The van der Waals surface area contributed by atoms with E-state index in [4.69, 9.17) is 9.47 Å². The zero-order chi connectivity index (χ0) is 15.8. The zero-order valence-corrected chi connectivity index (χ0v) is 12.9. The Hall–Kier alpha value is -1.85. The number of hydrogen-bond acceptors (Lipinski definition) is 5. The fourth-order valence-electron chi connectivity index (χ4n) is 2.87. The lowest BCUT2D eigenvalue weighted by Gasteiger charge is -2.40. The molecule has 0 bridgehead atoms. The van der Waals surface area contributed by atoms with Crippen molar-refractivity contribution in [1.29, 1.82) is 0 Å². The Morgan fingerprint density at radius 3 is 2.57 bits per heavy atom. The molecule has 1 aliphatic carbocycles. The molecule has 0 aromatic rings. The first-order chi connectivity index (χ1) is 9.68. The molecule has 0 aromatic heterocycles. The van der Waals surface area contributed by atoms with Gasteiger partial charge in [0.15, 0.2) is 5.78 Å². The summed E-state index contributed by atoms with van der Waals surface area (Å²) in [4.78, 5) is 37.6. The first-order valence-electron chi connectivity index (χ1n) is 6.98. The van der Waals surface area contributed by atoms with Crippen LogP contribution in [-0.2, 0) is 19.1 Å². The van der Waals surface area contributed by atoms with Crippen LogP contribution in [0.5, 0.6) is 0 Å². The maximum Gasteiger partial charge on any atom is 0.410 e. The summed E-state index contributed by atoms with van der Waals surface area (Å²) in [6, 6.07) is 0. The molecule has 0 aromatic carbocycles. The summed E-state index contributed by atoms with van der Waals surface area (Å²) >= 11 is 0. The third kappa shape index (κ3) is 2.94. The molecule has 116 valence electrons. The molecular formula is C15H21NO5. The molecule has 0 saturated carbocycles. The summed E-state index contributed by atoms with van der Waals surface area (Å²) in [5.41, 5.74) is -0.864. The summed E-state index contributed by atoms with van der Waals surface area (Å²) in [6.07, 6.45) is 1.60. The first kappa shape index (κ1) is 15.5. The first-order valence-corrected chi connectivity index (χ1v) is 6.98. The van der Waals surface area contributed by atoms with E-state index in [0.717, 1.165) is 5.57 Å². The monoisotopic (exact) mass is 295 g/mol. The van der Waals surface area contributed by atoms with E-state index in [0.29, 0.717) is 13.0 Å². The van der Waals surface area contributed by atoms with Gasteiger partial charge in [-0.2, -0.15) is 0 Å². The van der Waals surface area contributed by atoms with Crippen LogP contribution in [0.4, 0.5) is 4.79 Å². The number of ketones is 1. The summed E-state index contributed by atoms with van der Waals surface area (Å²) in [5, 5.41) is 0. The van der Waals surface area contributed by atoms with Gasteiger partial charge in [-0.3, -0.25) is 9.59 Å². The number of methoxy groups -OCH3 is 1. The van der Waals surface area contributed by atoms with Gasteiger partial charge in [-0.25, -0.2) is 4.79 Å². The van der Waals surface area contributed by atoms with E-state index >= 15 is 0 Å². The highest BCUT2D eigenvalue weighted by Gasteiger charge is 2.52. The predicted octanol–water partition coefficient (Wildman–Crippen LogP) is 1.69. The predicted molar refractivity (Wildman–Crippen MR) is 74.6 cm³/mol. The van der Waals surface area contributed by atoms with Crippen molar-refractivity contribution in [3.05, 3.63) is 11.6 Å². The van der Waals surface area contributed by atoms with E-state index in [-0.39, 0.29) is 18.7 Å². The molecule has 0 N–H and O–H groups in total. The van der Waals surface area contributed by atoms with E-state index in [1.54, 1.807) is 20.8 Å². The lowest BCUT2D eigenvalue weighted by atomic mass is 9.76. The minimum atomic E-state index is -1.03. The van der Waals surface area contributed by atoms with Crippen LogP contribution in [0.1, 0.15) is 33.6 Å². The van der Waals surface area contributed by atoms with Crippen LogP contribution >= 0.6 is 0 Å². The second-order valence-electron chi connectivity index (χ2n) is 6.54. The Bertz CT molecular complexity index is 517. The van der Waals surface area contributed by atoms with Gasteiger partial charge in [0, 0.05) is 19.5 Å². The third-order valence-corrected chi connectivity index (χ3v) is 3.77. The maximum absolute atomic E-state index is 12.2. The lowest BCUT2D eigenvalue weighted by molar-refractivity contribution is -0.153. The fourth-order valence-corrected chi connectivity index (χ4v) is 2.87. The minimum Gasteiger partial charge on any atom is -0.468 e. The molecule has 6 nitrogen and oxygen atoms in total. The van der Waals surface area contributed by atoms with Crippen LogP contribution in [0.15, 0.2) is 11.6 Å². The van der Waals surface area contributed by atoms with Crippen LogP contribution in [0.3, 0.4) is 0 Å². The van der Waals surface area contributed by atoms with Crippen LogP contribution < -0.4 is 0 Å². The Balaban J connectivity index is 2.22. The van der Waals surface area contributed by atoms with Crippen LogP contribution in [0, 0.1) is 5.41 Å². The highest BCUT2D eigenvalue weighted by Crippen LogP contribution is 2.44. The fraction of sp³-hybridized carbons (Fsp3) is 0.667. The van der Waals surface area contributed by atoms with Crippen LogP contribution in [0.25, 0.3) is 0 Å². The van der Waals surface area contributed by atoms with E-state index < -0.39 is 23.1 Å². The summed E-state index contributed by atoms with van der Waals surface area (Å²) in [7, 11) is 1.30. The number of likely N-dealkylation sites (tertiary alicyclic amines) is 1. The number of amides is 1. The molecular weight excluding hydrogens is 274 g/mol. The maximum atomic E-state index is 12.2. The zero-order valence-electron chi connectivity index (χ0n) is 12.9. The molecule has 6 heteroatoms. The Morgan fingerprint density at radius 1 is 1.33 bits per heavy atom. The second kappa shape index (κ2) is 5.16. The molecule has 0 radical (unpaired) electrons. The molecule has 1 aliphatic heterocycles. The number of ether oxygens (including phenoxy) is 2. The molecule has 1 saturated heterocycles. The quantitative estimate of drug-likeness (QED) is 0.688. The Kier molecular flexibility index (Phi) is 3.82. The lowest BCUT2D eigenvalue weighted by Crippen LogP contribution is -2.51. The van der Waals surface area contributed by atoms with Gasteiger partial charge in [0.05, 0.1) is 7.11 Å². The molecule has 1 amide bonds. The van der Waals surface area contributed by atoms with E-state index in [1.165, 1.54) is 18.1 Å². The number of fused-ring (bicyclic) bond motifs is 1. The summed E-state index contributed by atoms with van der Waals surface area (Å²) < 4.78 is 10.2. The average molecular weight is 295 g/mol. The van der Waals surface area contributed by atoms with Gasteiger partial charge in [-0.05, 0) is 38.8 Å². The number of allylic oxidation sites excluding steroid dienone is 1. The van der Waals surface area contributed by atoms with Crippen molar-refractivity contribution >= 4 is 17.8 Å². The van der Waals surface area contributed by atoms with Gasteiger partial charge in [-0.15, -0.1) is 0 Å². The number of hydrogen-bond donors (Lipinski definition) is 0. The van der Waals surface area contributed by atoms with Gasteiger partial charge >= 0.3 is 12.1 Å². The van der Waals surface area contributed by atoms with Gasteiger partial charge in [0.1, 0.15) is 11.0 Å².